The van der Waals surface area contributed by atoms with Gasteiger partial charge >= 0.3 is 5.88 Å². The Hall–Kier alpha value is -3.84. The summed E-state index contributed by atoms with van der Waals surface area (Å²) in [4.78, 5) is 24.5. The largest absolute Gasteiger partial charge is 0.433 e. The number of furan rings is 1. The zero-order valence-electron chi connectivity index (χ0n) is 12.9. The number of allylic oxidation sites excluding steroid dienone is 1. The average Bonchev–Trinajstić information content (AvgIpc) is 3.29. The second-order valence-electron chi connectivity index (χ2n) is 4.94. The number of hydrogen-bond donors (Lipinski definition) is 0. The predicted octanol–water partition coefficient (Wildman–Crippen LogP) is 4.28. The minimum absolute atomic E-state index is 0.0266. The number of benzene rings is 1. The van der Waals surface area contributed by atoms with Crippen molar-refractivity contribution in [1.82, 2.24) is 4.98 Å². The molecule has 0 atom stereocenters. The lowest BCUT2D eigenvalue weighted by Crippen LogP contribution is -1.87. The van der Waals surface area contributed by atoms with Gasteiger partial charge < -0.3 is 4.42 Å². The first kappa shape index (κ1) is 17.0. The van der Waals surface area contributed by atoms with Gasteiger partial charge in [0.05, 0.1) is 22.3 Å². The molecule has 1 aromatic carbocycles. The summed E-state index contributed by atoms with van der Waals surface area (Å²) in [6.45, 7) is 0. The minimum atomic E-state index is -0.667. The van der Waals surface area contributed by atoms with E-state index in [2.05, 4.69) is 4.98 Å². The van der Waals surface area contributed by atoms with Gasteiger partial charge in [0.25, 0.3) is 5.69 Å². The second kappa shape index (κ2) is 6.96. The van der Waals surface area contributed by atoms with Crippen LogP contribution in [0.15, 0.2) is 46.2 Å². The fourth-order valence-corrected chi connectivity index (χ4v) is 2.88. The zero-order chi connectivity index (χ0) is 18.7. The van der Waals surface area contributed by atoms with Crippen LogP contribution in [0.1, 0.15) is 10.8 Å². The third-order valence-electron chi connectivity index (χ3n) is 3.31. The number of non-ortho nitro benzene ring substituents is 1. The Morgan fingerprint density at radius 2 is 1.88 bits per heavy atom. The number of hydrogen-bond acceptors (Lipinski definition) is 8. The van der Waals surface area contributed by atoms with E-state index >= 15 is 0 Å². The first-order chi connectivity index (χ1) is 12.5. The Balaban J connectivity index is 1.89. The smallest absolute Gasteiger partial charge is 0.401 e. The molecule has 0 radical (unpaired) electrons. The average molecular weight is 368 g/mol. The van der Waals surface area contributed by atoms with Gasteiger partial charge in [0.2, 0.25) is 0 Å². The maximum absolute atomic E-state index is 10.7. The lowest BCUT2D eigenvalue weighted by atomic mass is 10.1. The Kier molecular flexibility index (Phi) is 4.55. The van der Waals surface area contributed by atoms with E-state index in [1.165, 1.54) is 41.7 Å². The second-order valence-corrected chi connectivity index (χ2v) is 5.80. The highest BCUT2D eigenvalue weighted by Gasteiger charge is 2.14. The van der Waals surface area contributed by atoms with Crippen LogP contribution in [0.2, 0.25) is 0 Å². The molecule has 0 saturated heterocycles. The van der Waals surface area contributed by atoms with E-state index in [9.17, 15) is 25.5 Å². The SMILES string of the molecule is N#C/C(=C\c1ccc([N+](=O)[O-])o1)c1nc(-c2ccc([N+](=O)[O-])cc2)cs1. The van der Waals surface area contributed by atoms with Crippen molar-refractivity contribution in [3.63, 3.8) is 0 Å². The van der Waals surface area contributed by atoms with Crippen LogP contribution in [0.3, 0.4) is 0 Å². The fourth-order valence-electron chi connectivity index (χ4n) is 2.09. The van der Waals surface area contributed by atoms with Crippen LogP contribution in [0.4, 0.5) is 11.6 Å². The maximum Gasteiger partial charge on any atom is 0.433 e. The summed E-state index contributed by atoms with van der Waals surface area (Å²) in [5.74, 6) is -0.250. The summed E-state index contributed by atoms with van der Waals surface area (Å²) in [6, 6.07) is 10.5. The number of nitro benzene ring substituents is 1. The molecule has 3 rings (SSSR count). The van der Waals surface area contributed by atoms with Gasteiger partial charge in [0, 0.05) is 29.2 Å². The number of nitrogens with zero attached hydrogens (tertiary/aromatic N) is 4. The first-order valence-corrected chi connectivity index (χ1v) is 7.92. The molecule has 9 nitrogen and oxygen atoms in total. The van der Waals surface area contributed by atoms with E-state index in [0.717, 1.165) is 0 Å². The molecule has 128 valence electrons. The number of aromatic nitrogens is 1. The molecule has 10 heteroatoms. The predicted molar refractivity (Wildman–Crippen MR) is 93.1 cm³/mol. The molecule has 2 aromatic heterocycles. The van der Waals surface area contributed by atoms with Gasteiger partial charge in [-0.1, -0.05) is 0 Å². The Morgan fingerprint density at radius 3 is 2.46 bits per heavy atom. The quantitative estimate of drug-likeness (QED) is 0.372. The van der Waals surface area contributed by atoms with Crippen LogP contribution in [-0.4, -0.2) is 14.8 Å². The van der Waals surface area contributed by atoms with Gasteiger partial charge in [0.1, 0.15) is 21.8 Å². The lowest BCUT2D eigenvalue weighted by Gasteiger charge is -1.96. The van der Waals surface area contributed by atoms with Crippen LogP contribution in [0, 0.1) is 31.6 Å². The van der Waals surface area contributed by atoms with Gasteiger partial charge in [-0.25, -0.2) is 4.98 Å². The van der Waals surface area contributed by atoms with E-state index in [4.69, 9.17) is 4.42 Å². The number of nitro groups is 2. The van der Waals surface area contributed by atoms with E-state index in [1.807, 2.05) is 6.07 Å². The van der Waals surface area contributed by atoms with Crippen molar-refractivity contribution in [1.29, 1.82) is 5.26 Å². The molecule has 0 N–H and O–H groups in total. The van der Waals surface area contributed by atoms with Crippen molar-refractivity contribution in [2.75, 3.05) is 0 Å². The molecule has 26 heavy (non-hydrogen) atoms. The standard InChI is InChI=1S/C16H8N4O5S/c17-8-11(7-13-5-6-15(25-13)20(23)24)16-18-14(9-26-16)10-1-3-12(4-2-10)19(21)22/h1-7,9H/b11-7+. The minimum Gasteiger partial charge on any atom is -0.401 e. The number of rotatable bonds is 5. The third-order valence-corrected chi connectivity index (χ3v) is 4.18. The van der Waals surface area contributed by atoms with Crippen LogP contribution < -0.4 is 0 Å². The third kappa shape index (κ3) is 3.47. The highest BCUT2D eigenvalue weighted by Crippen LogP contribution is 2.29. The molecule has 0 saturated carbocycles. The molecule has 0 aliphatic rings. The highest BCUT2D eigenvalue weighted by molar-refractivity contribution is 7.11. The van der Waals surface area contributed by atoms with Crippen molar-refractivity contribution < 1.29 is 14.3 Å². The number of nitriles is 1. The molecular weight excluding hydrogens is 360 g/mol. The van der Waals surface area contributed by atoms with Crippen LogP contribution >= 0.6 is 11.3 Å². The molecule has 0 aliphatic carbocycles. The molecule has 3 aromatic rings. The first-order valence-electron chi connectivity index (χ1n) is 7.04. The van der Waals surface area contributed by atoms with Gasteiger partial charge in [-0.15, -0.1) is 11.3 Å². The summed E-state index contributed by atoms with van der Waals surface area (Å²) in [5, 5.41) is 32.8. The molecule has 0 aliphatic heterocycles. The van der Waals surface area contributed by atoms with Crippen LogP contribution in [-0.2, 0) is 0 Å². The van der Waals surface area contributed by atoms with Crippen molar-refractivity contribution in [3.05, 3.63) is 72.8 Å². The van der Waals surface area contributed by atoms with E-state index in [-0.39, 0.29) is 17.0 Å². The monoisotopic (exact) mass is 368 g/mol. The molecule has 2 heterocycles. The van der Waals surface area contributed by atoms with Gasteiger partial charge in [0.15, 0.2) is 0 Å². The van der Waals surface area contributed by atoms with Gasteiger partial charge in [-0.05, 0) is 18.2 Å². The Labute approximate surface area is 149 Å². The van der Waals surface area contributed by atoms with Crippen LogP contribution in [0.5, 0.6) is 0 Å². The summed E-state index contributed by atoms with van der Waals surface area (Å²) in [6.07, 6.45) is 1.37. The van der Waals surface area contributed by atoms with Gasteiger partial charge in [-0.2, -0.15) is 5.26 Å². The molecule has 0 fully saturated rings. The fraction of sp³-hybridized carbons (Fsp3) is 0. The molecule has 0 amide bonds. The van der Waals surface area contributed by atoms with E-state index in [1.54, 1.807) is 17.5 Å². The summed E-state index contributed by atoms with van der Waals surface area (Å²) in [7, 11) is 0. The van der Waals surface area contributed by atoms with Crippen LogP contribution in [0.25, 0.3) is 22.9 Å². The zero-order valence-corrected chi connectivity index (χ0v) is 13.7. The molecular formula is C16H8N4O5S. The molecule has 0 bridgehead atoms. The summed E-state index contributed by atoms with van der Waals surface area (Å²) < 4.78 is 5.01. The van der Waals surface area contributed by atoms with Crippen molar-refractivity contribution in [2.24, 2.45) is 0 Å². The Morgan fingerprint density at radius 1 is 1.15 bits per heavy atom. The summed E-state index contributed by atoms with van der Waals surface area (Å²) >= 11 is 1.21. The van der Waals surface area contributed by atoms with E-state index in [0.29, 0.717) is 16.3 Å². The molecule has 0 spiro atoms. The lowest BCUT2D eigenvalue weighted by molar-refractivity contribution is -0.402. The highest BCUT2D eigenvalue weighted by atomic mass is 32.1. The maximum atomic E-state index is 10.7. The van der Waals surface area contributed by atoms with E-state index < -0.39 is 15.7 Å². The van der Waals surface area contributed by atoms with Crippen molar-refractivity contribution >= 4 is 34.6 Å². The topological polar surface area (TPSA) is 136 Å². The van der Waals surface area contributed by atoms with Crippen molar-refractivity contribution in [2.45, 2.75) is 0 Å². The van der Waals surface area contributed by atoms with Crippen molar-refractivity contribution in [3.8, 4) is 17.3 Å². The normalized spacial score (nSPS) is 11.1. The summed E-state index contributed by atoms with van der Waals surface area (Å²) in [5.41, 5.74) is 1.39. The molecule has 0 unspecified atom stereocenters. The van der Waals surface area contributed by atoms with Gasteiger partial charge in [-0.3, -0.25) is 20.2 Å². The number of thiazole rings is 1. The Bertz CT molecular complexity index is 1060.